The predicted octanol–water partition coefficient (Wildman–Crippen LogP) is 3.96. The molecule has 1 aliphatic rings. The second-order valence-electron chi connectivity index (χ2n) is 5.26. The maximum Gasteiger partial charge on any atom is 0.144 e. The van der Waals surface area contributed by atoms with Gasteiger partial charge in [0.1, 0.15) is 10.8 Å². The van der Waals surface area contributed by atoms with Crippen LogP contribution in [0, 0.1) is 0 Å². The second kappa shape index (κ2) is 7.51. The Bertz CT molecular complexity index is 454. The van der Waals surface area contributed by atoms with E-state index in [0.717, 1.165) is 31.2 Å². The van der Waals surface area contributed by atoms with Crippen molar-refractivity contribution in [2.75, 3.05) is 13.2 Å². The molecule has 0 amide bonds. The summed E-state index contributed by atoms with van der Waals surface area (Å²) in [6, 6.07) is 4.37. The van der Waals surface area contributed by atoms with Crippen LogP contribution >= 0.6 is 23.2 Å². The molecule has 0 fully saturated rings. The third kappa shape index (κ3) is 3.79. The Labute approximate surface area is 130 Å². The van der Waals surface area contributed by atoms with Gasteiger partial charge in [-0.05, 0) is 38.7 Å². The summed E-state index contributed by atoms with van der Waals surface area (Å²) in [6.45, 7) is 3.03. The number of hydrogen-bond acceptors (Lipinski definition) is 3. The lowest BCUT2D eigenvalue weighted by atomic mass is 10.0. The molecule has 0 spiro atoms. The van der Waals surface area contributed by atoms with Crippen molar-refractivity contribution in [2.45, 2.75) is 44.7 Å². The fourth-order valence-corrected chi connectivity index (χ4v) is 2.96. The first kappa shape index (κ1) is 15.9. The quantitative estimate of drug-likeness (QED) is 0.863. The molecule has 3 nitrogen and oxygen atoms in total. The first-order valence-electron chi connectivity index (χ1n) is 7.11. The van der Waals surface area contributed by atoms with Gasteiger partial charge in [0.15, 0.2) is 0 Å². The van der Waals surface area contributed by atoms with Gasteiger partial charge in [-0.2, -0.15) is 0 Å². The molecule has 0 aliphatic carbocycles. The van der Waals surface area contributed by atoms with Crippen LogP contribution in [0.1, 0.15) is 44.2 Å². The van der Waals surface area contributed by atoms with Crippen molar-refractivity contribution in [1.82, 2.24) is 5.32 Å². The highest BCUT2D eigenvalue weighted by Crippen LogP contribution is 2.41. The minimum absolute atomic E-state index is 0.218. The average Bonchev–Trinajstić information content (AvgIpc) is 2.64. The summed E-state index contributed by atoms with van der Waals surface area (Å²) in [6.07, 6.45) is 3.75. The molecule has 2 atom stereocenters. The van der Waals surface area contributed by atoms with Crippen molar-refractivity contribution in [3.05, 3.63) is 27.7 Å². The van der Waals surface area contributed by atoms with E-state index in [9.17, 15) is 0 Å². The van der Waals surface area contributed by atoms with Crippen molar-refractivity contribution in [1.29, 1.82) is 0 Å². The van der Waals surface area contributed by atoms with Crippen LogP contribution in [0.25, 0.3) is 0 Å². The van der Waals surface area contributed by atoms with Crippen LogP contribution in [0.2, 0.25) is 10.0 Å². The Morgan fingerprint density at radius 1 is 1.45 bits per heavy atom. The summed E-state index contributed by atoms with van der Waals surface area (Å²) in [5.41, 5.74) is 1.08. The molecule has 2 N–H and O–H groups in total. The maximum absolute atomic E-state index is 8.91. The Morgan fingerprint density at radius 2 is 2.25 bits per heavy atom. The summed E-state index contributed by atoms with van der Waals surface area (Å²) in [7, 11) is 0. The Balaban J connectivity index is 2.17. The van der Waals surface area contributed by atoms with Gasteiger partial charge >= 0.3 is 0 Å². The zero-order valence-electron chi connectivity index (χ0n) is 11.7. The number of ether oxygens (including phenoxy) is 1. The van der Waals surface area contributed by atoms with Gasteiger partial charge in [0.25, 0.3) is 0 Å². The standard InChI is InChI=1S/C15H21Cl2NO2/c1-10(4-2-8-19)18-13-5-3-9-20-15-11(13)6-7-12(16)14(15)17/h6-7,10,13,18-19H,2-5,8-9H2,1H3. The average molecular weight is 318 g/mol. The fourth-order valence-electron chi connectivity index (χ4n) is 2.58. The van der Waals surface area contributed by atoms with Gasteiger partial charge in [-0.3, -0.25) is 0 Å². The number of aliphatic hydroxyl groups is 1. The van der Waals surface area contributed by atoms with Crippen molar-refractivity contribution in [2.24, 2.45) is 0 Å². The lowest BCUT2D eigenvalue weighted by Gasteiger charge is -2.23. The second-order valence-corrected chi connectivity index (χ2v) is 6.04. The van der Waals surface area contributed by atoms with Crippen molar-refractivity contribution < 1.29 is 9.84 Å². The molecule has 20 heavy (non-hydrogen) atoms. The van der Waals surface area contributed by atoms with Gasteiger partial charge in [0.05, 0.1) is 11.6 Å². The topological polar surface area (TPSA) is 41.5 Å². The van der Waals surface area contributed by atoms with Gasteiger partial charge in [-0.1, -0.05) is 29.3 Å². The minimum atomic E-state index is 0.218. The Kier molecular flexibility index (Phi) is 5.97. The number of nitrogens with one attached hydrogen (secondary N) is 1. The van der Waals surface area contributed by atoms with Gasteiger partial charge in [-0.25, -0.2) is 0 Å². The SMILES string of the molecule is CC(CCCO)NC1CCCOc2c1ccc(Cl)c2Cl. The number of benzene rings is 1. The molecule has 1 heterocycles. The first-order valence-corrected chi connectivity index (χ1v) is 7.86. The molecule has 5 heteroatoms. The van der Waals surface area contributed by atoms with E-state index in [1.807, 2.05) is 12.1 Å². The van der Waals surface area contributed by atoms with E-state index < -0.39 is 0 Å². The monoisotopic (exact) mass is 317 g/mol. The van der Waals surface area contributed by atoms with E-state index in [2.05, 4.69) is 12.2 Å². The third-order valence-corrected chi connectivity index (χ3v) is 4.41. The highest BCUT2D eigenvalue weighted by atomic mass is 35.5. The Morgan fingerprint density at radius 3 is 3.00 bits per heavy atom. The van der Waals surface area contributed by atoms with Crippen molar-refractivity contribution >= 4 is 23.2 Å². The summed E-state index contributed by atoms with van der Waals surface area (Å²) < 4.78 is 5.76. The number of rotatable bonds is 5. The maximum atomic E-state index is 8.91. The number of halogens is 2. The molecule has 2 unspecified atom stereocenters. The molecule has 0 bridgehead atoms. The number of fused-ring (bicyclic) bond motifs is 1. The fraction of sp³-hybridized carbons (Fsp3) is 0.600. The normalized spacial score (nSPS) is 19.9. The van der Waals surface area contributed by atoms with Crippen LogP contribution in [0.15, 0.2) is 12.1 Å². The zero-order valence-corrected chi connectivity index (χ0v) is 13.2. The molecule has 2 rings (SSSR count). The van der Waals surface area contributed by atoms with Crippen LogP contribution in [0.4, 0.5) is 0 Å². The molecule has 0 radical (unpaired) electrons. The largest absolute Gasteiger partial charge is 0.492 e. The van der Waals surface area contributed by atoms with E-state index in [4.69, 9.17) is 33.0 Å². The van der Waals surface area contributed by atoms with Crippen LogP contribution in [-0.4, -0.2) is 24.4 Å². The van der Waals surface area contributed by atoms with Gasteiger partial charge in [0.2, 0.25) is 0 Å². The molecule has 1 aromatic rings. The molecule has 1 aromatic carbocycles. The molecule has 0 aromatic heterocycles. The highest BCUT2D eigenvalue weighted by Gasteiger charge is 2.24. The highest BCUT2D eigenvalue weighted by molar-refractivity contribution is 6.43. The van der Waals surface area contributed by atoms with Crippen molar-refractivity contribution in [3.63, 3.8) is 0 Å². The zero-order chi connectivity index (χ0) is 14.5. The van der Waals surface area contributed by atoms with Crippen LogP contribution in [0.5, 0.6) is 5.75 Å². The summed E-state index contributed by atoms with van der Waals surface area (Å²) >= 11 is 12.3. The van der Waals surface area contributed by atoms with E-state index in [-0.39, 0.29) is 12.6 Å². The van der Waals surface area contributed by atoms with Crippen LogP contribution < -0.4 is 10.1 Å². The smallest absolute Gasteiger partial charge is 0.144 e. The molecular formula is C15H21Cl2NO2. The summed E-state index contributed by atoms with van der Waals surface area (Å²) in [5.74, 6) is 0.712. The van der Waals surface area contributed by atoms with E-state index in [1.54, 1.807) is 0 Å². The van der Waals surface area contributed by atoms with E-state index >= 15 is 0 Å². The van der Waals surface area contributed by atoms with Gasteiger partial charge in [-0.15, -0.1) is 0 Å². The van der Waals surface area contributed by atoms with E-state index in [0.29, 0.717) is 28.4 Å². The predicted molar refractivity (Wildman–Crippen MR) is 82.8 cm³/mol. The summed E-state index contributed by atoms with van der Waals surface area (Å²) in [5, 5.41) is 13.5. The van der Waals surface area contributed by atoms with Crippen LogP contribution in [-0.2, 0) is 0 Å². The van der Waals surface area contributed by atoms with Gasteiger partial charge < -0.3 is 15.2 Å². The van der Waals surface area contributed by atoms with E-state index in [1.165, 1.54) is 0 Å². The lowest BCUT2D eigenvalue weighted by molar-refractivity contribution is 0.272. The number of aliphatic hydroxyl groups excluding tert-OH is 1. The molecule has 1 aliphatic heterocycles. The third-order valence-electron chi connectivity index (χ3n) is 3.62. The van der Waals surface area contributed by atoms with Gasteiger partial charge in [0, 0.05) is 24.3 Å². The molecule has 112 valence electrons. The van der Waals surface area contributed by atoms with Crippen LogP contribution in [0.3, 0.4) is 0 Å². The molecular weight excluding hydrogens is 297 g/mol. The minimum Gasteiger partial charge on any atom is -0.492 e. The first-order chi connectivity index (χ1) is 9.63. The molecule has 0 saturated heterocycles. The lowest BCUT2D eigenvalue weighted by Crippen LogP contribution is -2.30. The number of hydrogen-bond donors (Lipinski definition) is 2. The van der Waals surface area contributed by atoms with Crippen molar-refractivity contribution in [3.8, 4) is 5.75 Å². The molecule has 0 saturated carbocycles. The Hall–Kier alpha value is -0.480. The summed E-state index contributed by atoms with van der Waals surface area (Å²) in [4.78, 5) is 0.